The Hall–Kier alpha value is -2.89. The van der Waals surface area contributed by atoms with E-state index in [4.69, 9.17) is 20.8 Å². The number of H-pyrrole nitrogens is 1. The molecule has 29 heavy (non-hydrogen) atoms. The van der Waals surface area contributed by atoms with E-state index in [0.29, 0.717) is 37.0 Å². The van der Waals surface area contributed by atoms with Crippen molar-refractivity contribution in [2.24, 2.45) is 0 Å². The molecule has 10 nitrogen and oxygen atoms in total. The number of hydrogen-bond acceptors (Lipinski definition) is 7. The summed E-state index contributed by atoms with van der Waals surface area (Å²) in [5, 5.41) is 8.10. The molecule has 1 fully saturated rings. The summed E-state index contributed by atoms with van der Waals surface area (Å²) in [6.45, 7) is 1.78. The summed E-state index contributed by atoms with van der Waals surface area (Å²) >= 11 is 5.81. The van der Waals surface area contributed by atoms with Crippen molar-refractivity contribution in [2.45, 2.75) is 4.90 Å². The second-order valence-electron chi connectivity index (χ2n) is 6.18. The van der Waals surface area contributed by atoms with E-state index in [1.54, 1.807) is 29.2 Å². The zero-order valence-electron chi connectivity index (χ0n) is 15.0. The summed E-state index contributed by atoms with van der Waals surface area (Å²) in [5.74, 6) is -0.550. The molecule has 0 bridgehead atoms. The maximum absolute atomic E-state index is 12.5. The number of aromatic nitrogens is 3. The van der Waals surface area contributed by atoms with E-state index >= 15 is 0 Å². The normalized spacial score (nSPS) is 14.7. The highest BCUT2D eigenvalue weighted by Gasteiger charge is 2.25. The van der Waals surface area contributed by atoms with Gasteiger partial charge in [-0.2, -0.15) is 0 Å². The molecule has 1 amide bonds. The Kier molecular flexibility index (Phi) is 5.26. The Morgan fingerprint density at radius 2 is 1.90 bits per heavy atom. The second kappa shape index (κ2) is 7.85. The minimum absolute atomic E-state index is 0.00884. The lowest BCUT2D eigenvalue weighted by Gasteiger charge is -2.25. The van der Waals surface area contributed by atoms with Gasteiger partial charge in [0.05, 0.1) is 13.2 Å². The molecule has 1 aliphatic rings. The minimum Gasteiger partial charge on any atom is -0.411 e. The largest absolute Gasteiger partial charge is 0.411 e. The first-order valence-corrected chi connectivity index (χ1v) is 10.5. The molecular formula is C17H16ClN5O5S. The molecule has 1 aliphatic heterocycles. The standard InChI is InChI=1S/C17H16ClN5O5S/c18-11-1-3-12(4-2-11)22-29(25,26)13-9-14(19-10-13)15-20-21-16(28-15)17(24)23-5-7-27-8-6-23/h1-4,9-10,19,22H,5-8H2. The number of hydrogen-bond donors (Lipinski definition) is 2. The molecule has 0 unspecified atom stereocenters. The number of carbonyl (C=O) groups excluding carboxylic acids is 1. The van der Waals surface area contributed by atoms with Gasteiger partial charge in [-0.3, -0.25) is 9.52 Å². The fraction of sp³-hybridized carbons (Fsp3) is 0.235. The minimum atomic E-state index is -3.84. The van der Waals surface area contributed by atoms with Crippen molar-refractivity contribution < 1.29 is 22.4 Å². The van der Waals surface area contributed by atoms with Crippen LogP contribution in [0.5, 0.6) is 0 Å². The van der Waals surface area contributed by atoms with Crippen molar-refractivity contribution >= 4 is 33.2 Å². The zero-order chi connectivity index (χ0) is 20.4. The van der Waals surface area contributed by atoms with Crippen LogP contribution in [0.1, 0.15) is 10.7 Å². The number of carbonyl (C=O) groups is 1. The number of nitrogens with zero attached hydrogens (tertiary/aromatic N) is 3. The number of rotatable bonds is 5. The van der Waals surface area contributed by atoms with Crippen molar-refractivity contribution in [3.8, 4) is 11.6 Å². The first kappa shape index (κ1) is 19.4. The first-order chi connectivity index (χ1) is 13.9. The molecule has 0 atom stereocenters. The van der Waals surface area contributed by atoms with Crippen LogP contribution in [0.3, 0.4) is 0 Å². The van der Waals surface area contributed by atoms with Crippen molar-refractivity contribution in [3.05, 3.63) is 47.4 Å². The van der Waals surface area contributed by atoms with Gasteiger partial charge in [-0.25, -0.2) is 8.42 Å². The fourth-order valence-corrected chi connectivity index (χ4v) is 3.88. The highest BCUT2D eigenvalue weighted by Crippen LogP contribution is 2.23. The number of aromatic amines is 1. The van der Waals surface area contributed by atoms with E-state index in [0.717, 1.165) is 0 Å². The van der Waals surface area contributed by atoms with Crippen LogP contribution in [0.2, 0.25) is 5.02 Å². The Labute approximate surface area is 170 Å². The van der Waals surface area contributed by atoms with Gasteiger partial charge in [0.25, 0.3) is 15.9 Å². The number of amides is 1. The van der Waals surface area contributed by atoms with E-state index in [1.807, 2.05) is 0 Å². The maximum Gasteiger partial charge on any atom is 0.311 e. The van der Waals surface area contributed by atoms with Crippen molar-refractivity contribution in [3.63, 3.8) is 0 Å². The summed E-state index contributed by atoms with van der Waals surface area (Å²) in [5.41, 5.74) is 0.642. The number of morpholine rings is 1. The summed E-state index contributed by atoms with van der Waals surface area (Å²) < 4.78 is 38.2. The quantitative estimate of drug-likeness (QED) is 0.624. The molecule has 2 N–H and O–H groups in total. The molecule has 152 valence electrons. The zero-order valence-corrected chi connectivity index (χ0v) is 16.5. The van der Waals surface area contributed by atoms with Crippen molar-refractivity contribution in [2.75, 3.05) is 31.0 Å². The molecule has 3 heterocycles. The number of nitrogens with one attached hydrogen (secondary N) is 2. The lowest BCUT2D eigenvalue weighted by molar-refractivity contribution is 0.0278. The van der Waals surface area contributed by atoms with Gasteiger partial charge in [0, 0.05) is 30.0 Å². The van der Waals surface area contributed by atoms with Crippen LogP contribution in [-0.2, 0) is 14.8 Å². The van der Waals surface area contributed by atoms with Crippen LogP contribution < -0.4 is 4.72 Å². The van der Waals surface area contributed by atoms with Gasteiger partial charge in [-0.15, -0.1) is 10.2 Å². The summed E-state index contributed by atoms with van der Waals surface area (Å²) in [7, 11) is -3.84. The van der Waals surface area contributed by atoms with E-state index in [2.05, 4.69) is 19.9 Å². The van der Waals surface area contributed by atoms with Gasteiger partial charge in [-0.1, -0.05) is 11.6 Å². The molecule has 1 saturated heterocycles. The number of benzene rings is 1. The van der Waals surface area contributed by atoms with Crippen LogP contribution in [0.15, 0.2) is 45.8 Å². The van der Waals surface area contributed by atoms with E-state index < -0.39 is 15.9 Å². The highest BCUT2D eigenvalue weighted by molar-refractivity contribution is 7.92. The summed E-state index contributed by atoms with van der Waals surface area (Å²) in [4.78, 5) is 16.7. The molecule has 0 spiro atoms. The molecule has 4 rings (SSSR count). The summed E-state index contributed by atoms with van der Waals surface area (Å²) in [6, 6.07) is 7.60. The Morgan fingerprint density at radius 3 is 2.62 bits per heavy atom. The third kappa shape index (κ3) is 4.26. The summed E-state index contributed by atoms with van der Waals surface area (Å²) in [6.07, 6.45) is 1.29. The number of sulfonamides is 1. The highest BCUT2D eigenvalue weighted by atomic mass is 35.5. The van der Waals surface area contributed by atoms with E-state index in [1.165, 1.54) is 12.3 Å². The average molecular weight is 438 g/mol. The third-order valence-corrected chi connectivity index (χ3v) is 5.81. The molecule has 0 saturated carbocycles. The topological polar surface area (TPSA) is 130 Å². The van der Waals surface area contributed by atoms with E-state index in [9.17, 15) is 13.2 Å². The van der Waals surface area contributed by atoms with Crippen molar-refractivity contribution in [1.82, 2.24) is 20.1 Å². The van der Waals surface area contributed by atoms with Crippen LogP contribution in [0, 0.1) is 0 Å². The Morgan fingerprint density at radius 1 is 1.17 bits per heavy atom. The molecule has 2 aromatic heterocycles. The monoisotopic (exact) mass is 437 g/mol. The molecule has 3 aromatic rings. The smallest absolute Gasteiger partial charge is 0.311 e. The lowest BCUT2D eigenvalue weighted by atomic mass is 10.3. The van der Waals surface area contributed by atoms with Crippen LogP contribution in [0.4, 0.5) is 5.69 Å². The molecule has 0 radical (unpaired) electrons. The van der Waals surface area contributed by atoms with Gasteiger partial charge < -0.3 is 19.0 Å². The second-order valence-corrected chi connectivity index (χ2v) is 8.30. The van der Waals surface area contributed by atoms with Crippen LogP contribution in [0.25, 0.3) is 11.6 Å². The first-order valence-electron chi connectivity index (χ1n) is 8.60. The van der Waals surface area contributed by atoms with Crippen LogP contribution in [-0.4, -0.2) is 60.7 Å². The van der Waals surface area contributed by atoms with Gasteiger partial charge >= 0.3 is 11.8 Å². The van der Waals surface area contributed by atoms with Gasteiger partial charge in [-0.05, 0) is 30.3 Å². The molecule has 0 aliphatic carbocycles. The molecular weight excluding hydrogens is 422 g/mol. The Bertz CT molecular complexity index is 1120. The van der Waals surface area contributed by atoms with Crippen molar-refractivity contribution in [1.29, 1.82) is 0 Å². The van der Waals surface area contributed by atoms with Gasteiger partial charge in [0.1, 0.15) is 10.6 Å². The SMILES string of the molecule is O=C(c1nnc(-c2cc(S(=O)(=O)Nc3ccc(Cl)cc3)c[nH]2)o1)N1CCOCC1. The average Bonchev–Trinajstić information content (AvgIpc) is 3.40. The predicted octanol–water partition coefficient (Wildman–Crippen LogP) is 1.99. The number of ether oxygens (including phenoxy) is 1. The Balaban J connectivity index is 1.51. The predicted molar refractivity (Wildman–Crippen MR) is 103 cm³/mol. The van der Waals surface area contributed by atoms with Crippen LogP contribution >= 0.6 is 11.6 Å². The third-order valence-electron chi connectivity index (χ3n) is 4.20. The molecule has 12 heteroatoms. The maximum atomic E-state index is 12.5. The number of halogens is 1. The lowest BCUT2D eigenvalue weighted by Crippen LogP contribution is -2.40. The fourth-order valence-electron chi connectivity index (χ4n) is 2.71. The van der Waals surface area contributed by atoms with E-state index in [-0.39, 0.29) is 22.4 Å². The van der Waals surface area contributed by atoms with Gasteiger partial charge in [0.15, 0.2) is 0 Å². The molecule has 1 aromatic carbocycles. The number of anilines is 1. The van der Waals surface area contributed by atoms with Gasteiger partial charge in [0.2, 0.25) is 0 Å².